The summed E-state index contributed by atoms with van der Waals surface area (Å²) in [5.41, 5.74) is 0.718. The van der Waals surface area contributed by atoms with Crippen LogP contribution in [0.15, 0.2) is 48.5 Å². The van der Waals surface area contributed by atoms with Gasteiger partial charge in [-0.2, -0.15) is 0 Å². The Balaban J connectivity index is 2.03. The first-order valence-corrected chi connectivity index (χ1v) is 7.63. The Kier molecular flexibility index (Phi) is 5.95. The van der Waals surface area contributed by atoms with E-state index < -0.39 is 11.9 Å². The summed E-state index contributed by atoms with van der Waals surface area (Å²) in [5, 5.41) is 0. The number of rotatable bonds is 6. The van der Waals surface area contributed by atoms with Crippen LogP contribution in [0, 0.1) is 5.92 Å². The molecule has 0 fully saturated rings. The van der Waals surface area contributed by atoms with Crippen molar-refractivity contribution in [3.8, 4) is 11.5 Å². The molecule has 0 aliphatic heterocycles. The maximum Gasteiger partial charge on any atom is 0.343 e. The highest BCUT2D eigenvalue weighted by Gasteiger charge is 2.11. The van der Waals surface area contributed by atoms with Crippen molar-refractivity contribution in [1.82, 2.24) is 0 Å². The lowest BCUT2D eigenvalue weighted by Crippen LogP contribution is -2.10. The SMILES string of the molecule is COC(=O)c1cccc(OC(=O)c2ccc(OCC(C)C)cc2)c1. The minimum Gasteiger partial charge on any atom is -0.493 e. The third-order valence-corrected chi connectivity index (χ3v) is 3.14. The molecule has 0 radical (unpaired) electrons. The normalized spacial score (nSPS) is 10.3. The van der Waals surface area contributed by atoms with Gasteiger partial charge < -0.3 is 14.2 Å². The maximum absolute atomic E-state index is 12.2. The molecule has 0 saturated carbocycles. The van der Waals surface area contributed by atoms with Crippen molar-refractivity contribution in [2.45, 2.75) is 13.8 Å². The Labute approximate surface area is 141 Å². The largest absolute Gasteiger partial charge is 0.493 e. The molecule has 0 aliphatic carbocycles. The van der Waals surface area contributed by atoms with Crippen LogP contribution in [-0.2, 0) is 4.74 Å². The van der Waals surface area contributed by atoms with Crippen molar-refractivity contribution in [1.29, 1.82) is 0 Å². The van der Waals surface area contributed by atoms with Gasteiger partial charge in [-0.1, -0.05) is 19.9 Å². The average molecular weight is 328 g/mol. The van der Waals surface area contributed by atoms with E-state index in [0.29, 0.717) is 29.4 Å². The van der Waals surface area contributed by atoms with Gasteiger partial charge in [0, 0.05) is 0 Å². The smallest absolute Gasteiger partial charge is 0.343 e. The number of esters is 2. The van der Waals surface area contributed by atoms with Crippen molar-refractivity contribution in [3.05, 3.63) is 59.7 Å². The van der Waals surface area contributed by atoms with E-state index >= 15 is 0 Å². The summed E-state index contributed by atoms with van der Waals surface area (Å²) in [6, 6.07) is 13.0. The van der Waals surface area contributed by atoms with Crippen molar-refractivity contribution >= 4 is 11.9 Å². The summed E-state index contributed by atoms with van der Waals surface area (Å²) in [6.45, 7) is 4.74. The van der Waals surface area contributed by atoms with E-state index in [4.69, 9.17) is 9.47 Å². The summed E-state index contributed by atoms with van der Waals surface area (Å²) in [6.07, 6.45) is 0. The third-order valence-electron chi connectivity index (χ3n) is 3.14. The highest BCUT2D eigenvalue weighted by molar-refractivity contribution is 5.92. The van der Waals surface area contributed by atoms with Crippen molar-refractivity contribution in [2.75, 3.05) is 13.7 Å². The minimum atomic E-state index is -0.507. The van der Waals surface area contributed by atoms with Gasteiger partial charge in [-0.25, -0.2) is 9.59 Å². The lowest BCUT2D eigenvalue weighted by Gasteiger charge is -2.09. The van der Waals surface area contributed by atoms with Gasteiger partial charge in [-0.3, -0.25) is 0 Å². The lowest BCUT2D eigenvalue weighted by molar-refractivity contribution is 0.0597. The summed E-state index contributed by atoms with van der Waals surface area (Å²) in [7, 11) is 1.30. The van der Waals surface area contributed by atoms with Gasteiger partial charge in [-0.15, -0.1) is 0 Å². The van der Waals surface area contributed by atoms with Crippen molar-refractivity contribution in [2.24, 2.45) is 5.92 Å². The average Bonchev–Trinajstić information content (AvgIpc) is 2.59. The van der Waals surface area contributed by atoms with Crippen molar-refractivity contribution < 1.29 is 23.8 Å². The van der Waals surface area contributed by atoms with Crippen LogP contribution < -0.4 is 9.47 Å². The zero-order valence-corrected chi connectivity index (χ0v) is 13.9. The Morgan fingerprint density at radius 3 is 2.25 bits per heavy atom. The number of carbonyl (C=O) groups excluding carboxylic acids is 2. The first-order chi connectivity index (χ1) is 11.5. The first kappa shape index (κ1) is 17.5. The van der Waals surface area contributed by atoms with E-state index in [1.165, 1.54) is 13.2 Å². The predicted octanol–water partition coefficient (Wildman–Crippen LogP) is 3.73. The molecule has 2 aromatic rings. The van der Waals surface area contributed by atoms with Gasteiger partial charge in [0.05, 0.1) is 24.8 Å². The standard InChI is InChI=1S/C19H20O5/c1-13(2)12-23-16-9-7-14(8-10-16)19(21)24-17-6-4-5-15(11-17)18(20)22-3/h4-11,13H,12H2,1-3H3. The first-order valence-electron chi connectivity index (χ1n) is 7.63. The fourth-order valence-corrected chi connectivity index (χ4v) is 1.92. The quantitative estimate of drug-likeness (QED) is 0.597. The van der Waals surface area contributed by atoms with Crippen LogP contribution in [0.3, 0.4) is 0 Å². The molecule has 24 heavy (non-hydrogen) atoms. The van der Waals surface area contributed by atoms with Crippen molar-refractivity contribution in [3.63, 3.8) is 0 Å². The van der Waals surface area contributed by atoms with Gasteiger partial charge >= 0.3 is 11.9 Å². The zero-order chi connectivity index (χ0) is 17.5. The van der Waals surface area contributed by atoms with E-state index in [9.17, 15) is 9.59 Å². The highest BCUT2D eigenvalue weighted by atomic mass is 16.5. The molecular weight excluding hydrogens is 308 g/mol. The number of hydrogen-bond acceptors (Lipinski definition) is 5. The number of hydrogen-bond donors (Lipinski definition) is 0. The molecule has 0 unspecified atom stereocenters. The van der Waals surface area contributed by atoms with Crippen LogP contribution in [-0.4, -0.2) is 25.7 Å². The van der Waals surface area contributed by atoms with Crippen LogP contribution in [0.5, 0.6) is 11.5 Å². The number of carbonyl (C=O) groups is 2. The minimum absolute atomic E-state index is 0.281. The third kappa shape index (κ3) is 4.84. The highest BCUT2D eigenvalue weighted by Crippen LogP contribution is 2.18. The van der Waals surface area contributed by atoms with Gasteiger partial charge in [0.1, 0.15) is 11.5 Å². The molecule has 0 spiro atoms. The lowest BCUT2D eigenvalue weighted by atomic mass is 10.2. The van der Waals surface area contributed by atoms with E-state index in [-0.39, 0.29) is 5.75 Å². The number of benzene rings is 2. The molecule has 0 N–H and O–H groups in total. The van der Waals surface area contributed by atoms with Crippen LogP contribution in [0.1, 0.15) is 34.6 Å². The Morgan fingerprint density at radius 2 is 1.62 bits per heavy atom. The van der Waals surface area contributed by atoms with Gasteiger partial charge in [0.25, 0.3) is 0 Å². The summed E-state index contributed by atoms with van der Waals surface area (Å²) in [4.78, 5) is 23.7. The Hall–Kier alpha value is -2.82. The predicted molar refractivity (Wildman–Crippen MR) is 89.5 cm³/mol. The molecule has 0 aromatic heterocycles. The second-order valence-electron chi connectivity index (χ2n) is 5.64. The maximum atomic E-state index is 12.2. The van der Waals surface area contributed by atoms with Gasteiger partial charge in [0.2, 0.25) is 0 Å². The molecule has 0 aliphatic rings. The van der Waals surface area contributed by atoms with E-state index in [0.717, 1.165) is 0 Å². The monoisotopic (exact) mass is 328 g/mol. The molecule has 0 bridgehead atoms. The molecule has 5 heteroatoms. The molecule has 5 nitrogen and oxygen atoms in total. The van der Waals surface area contributed by atoms with Crippen LogP contribution >= 0.6 is 0 Å². The topological polar surface area (TPSA) is 61.8 Å². The molecule has 2 rings (SSSR count). The second kappa shape index (κ2) is 8.15. The molecule has 0 saturated heterocycles. The van der Waals surface area contributed by atoms with Gasteiger partial charge in [-0.05, 0) is 48.4 Å². The number of methoxy groups -OCH3 is 1. The van der Waals surface area contributed by atoms with Crippen LogP contribution in [0.2, 0.25) is 0 Å². The Bertz CT molecular complexity index is 704. The van der Waals surface area contributed by atoms with E-state index in [1.807, 2.05) is 0 Å². The van der Waals surface area contributed by atoms with Crippen LogP contribution in [0.25, 0.3) is 0 Å². The molecule has 2 aromatic carbocycles. The molecule has 0 heterocycles. The van der Waals surface area contributed by atoms with Crippen LogP contribution in [0.4, 0.5) is 0 Å². The Morgan fingerprint density at radius 1 is 0.917 bits per heavy atom. The fraction of sp³-hybridized carbons (Fsp3) is 0.263. The zero-order valence-electron chi connectivity index (χ0n) is 13.9. The second-order valence-corrected chi connectivity index (χ2v) is 5.64. The fourth-order valence-electron chi connectivity index (χ4n) is 1.92. The van der Waals surface area contributed by atoms with E-state index in [1.54, 1.807) is 42.5 Å². The molecular formula is C19H20O5. The summed E-state index contributed by atoms with van der Waals surface area (Å²) < 4.78 is 15.5. The van der Waals surface area contributed by atoms with Gasteiger partial charge in [0.15, 0.2) is 0 Å². The summed E-state index contributed by atoms with van der Waals surface area (Å²) in [5.74, 6) is 0.416. The molecule has 126 valence electrons. The number of ether oxygens (including phenoxy) is 3. The van der Waals surface area contributed by atoms with E-state index in [2.05, 4.69) is 18.6 Å². The molecule has 0 atom stereocenters. The molecule has 0 amide bonds. The summed E-state index contributed by atoms with van der Waals surface area (Å²) >= 11 is 0.